The molecule has 4 nitrogen and oxygen atoms in total. The van der Waals surface area contributed by atoms with E-state index in [9.17, 15) is 4.79 Å². The topological polar surface area (TPSA) is 51.2 Å². The van der Waals surface area contributed by atoms with Crippen molar-refractivity contribution in [3.8, 4) is 17.0 Å². The maximum atomic E-state index is 12.5. The molecule has 3 rings (SSSR count). The van der Waals surface area contributed by atoms with Gasteiger partial charge in [0, 0.05) is 27.5 Å². The van der Waals surface area contributed by atoms with E-state index in [0.717, 1.165) is 16.5 Å². The van der Waals surface area contributed by atoms with Crippen molar-refractivity contribution in [2.75, 3.05) is 12.4 Å². The van der Waals surface area contributed by atoms with Gasteiger partial charge in [-0.25, -0.2) is 4.98 Å². The van der Waals surface area contributed by atoms with Crippen LogP contribution in [-0.2, 0) is 5.33 Å². The summed E-state index contributed by atoms with van der Waals surface area (Å²) in [4.78, 5) is 16.6. The number of rotatable bonds is 5. The van der Waals surface area contributed by atoms with Crippen molar-refractivity contribution in [3.63, 3.8) is 0 Å². The van der Waals surface area contributed by atoms with Gasteiger partial charge in [0.15, 0.2) is 0 Å². The Kier molecular flexibility index (Phi) is 5.91. The number of amides is 1. The normalized spacial score (nSPS) is 10.4. The Morgan fingerprint density at radius 1 is 1.15 bits per heavy atom. The van der Waals surface area contributed by atoms with E-state index in [4.69, 9.17) is 16.3 Å². The van der Waals surface area contributed by atoms with Crippen LogP contribution in [0.1, 0.15) is 15.9 Å². The Morgan fingerprint density at radius 2 is 1.92 bits per heavy atom. The minimum absolute atomic E-state index is 0.230. The third kappa shape index (κ3) is 4.23. The Labute approximate surface area is 165 Å². The lowest BCUT2D eigenvalue weighted by molar-refractivity contribution is 0.102. The van der Waals surface area contributed by atoms with Gasteiger partial charge in [-0.15, -0.1) is 0 Å². The van der Waals surface area contributed by atoms with E-state index >= 15 is 0 Å². The second-order valence-corrected chi connectivity index (χ2v) is 6.54. The number of nitrogens with one attached hydrogen (secondary N) is 1. The number of carbonyl (C=O) groups excluding carboxylic acids is 1. The monoisotopic (exact) mass is 430 g/mol. The van der Waals surface area contributed by atoms with E-state index in [1.165, 1.54) is 5.56 Å². The Bertz CT molecular complexity index is 912. The number of halogens is 2. The number of hydrogen-bond acceptors (Lipinski definition) is 3. The molecule has 1 amide bonds. The van der Waals surface area contributed by atoms with Crippen molar-refractivity contribution in [2.24, 2.45) is 0 Å². The van der Waals surface area contributed by atoms with Crippen molar-refractivity contribution >= 4 is 39.1 Å². The number of carbonyl (C=O) groups is 1. The summed E-state index contributed by atoms with van der Waals surface area (Å²) in [7, 11) is 1.54. The zero-order chi connectivity index (χ0) is 18.5. The molecule has 1 aromatic heterocycles. The van der Waals surface area contributed by atoms with Gasteiger partial charge in [0.25, 0.3) is 5.91 Å². The molecule has 1 N–H and O–H groups in total. The summed E-state index contributed by atoms with van der Waals surface area (Å²) in [6.45, 7) is 0. The molecular weight excluding hydrogens is 416 g/mol. The third-order valence-corrected chi connectivity index (χ3v) is 4.83. The predicted octanol–water partition coefficient (Wildman–Crippen LogP) is 5.56. The number of benzene rings is 2. The summed E-state index contributed by atoms with van der Waals surface area (Å²) < 4.78 is 5.01. The average molecular weight is 432 g/mol. The average Bonchev–Trinajstić information content (AvgIpc) is 2.69. The second kappa shape index (κ2) is 8.34. The Hall–Kier alpha value is -2.37. The summed E-state index contributed by atoms with van der Waals surface area (Å²) in [5.74, 6) is 0.260. The Balaban J connectivity index is 1.84. The number of anilines is 1. The van der Waals surface area contributed by atoms with Crippen molar-refractivity contribution < 1.29 is 9.53 Å². The number of pyridine rings is 1. The second-order valence-electron chi connectivity index (χ2n) is 5.57. The molecule has 0 saturated carbocycles. The molecule has 0 spiro atoms. The summed E-state index contributed by atoms with van der Waals surface area (Å²) in [5, 5.41) is 4.21. The van der Waals surface area contributed by atoms with Crippen LogP contribution in [0, 0.1) is 0 Å². The first-order chi connectivity index (χ1) is 12.6. The smallest absolute Gasteiger partial charge is 0.255 e. The molecule has 0 radical (unpaired) electrons. The van der Waals surface area contributed by atoms with Gasteiger partial charge in [-0.05, 0) is 35.4 Å². The highest BCUT2D eigenvalue weighted by molar-refractivity contribution is 9.08. The summed E-state index contributed by atoms with van der Waals surface area (Å²) in [5.41, 5.74) is 4.05. The molecule has 0 saturated heterocycles. The number of hydrogen-bond donors (Lipinski definition) is 1. The lowest BCUT2D eigenvalue weighted by atomic mass is 10.0. The maximum absolute atomic E-state index is 12.5. The highest BCUT2D eigenvalue weighted by Crippen LogP contribution is 2.29. The first-order valence-corrected chi connectivity index (χ1v) is 9.37. The fourth-order valence-corrected chi connectivity index (χ4v) is 3.04. The number of alkyl halides is 1. The molecule has 0 aliphatic carbocycles. The number of ether oxygens (including phenoxy) is 1. The largest absolute Gasteiger partial charge is 0.481 e. The molecule has 26 heavy (non-hydrogen) atoms. The van der Waals surface area contributed by atoms with E-state index in [-0.39, 0.29) is 5.91 Å². The molecule has 0 unspecified atom stereocenters. The zero-order valence-corrected chi connectivity index (χ0v) is 16.3. The van der Waals surface area contributed by atoms with Crippen molar-refractivity contribution in [2.45, 2.75) is 5.33 Å². The zero-order valence-electron chi connectivity index (χ0n) is 14.0. The molecule has 2 aromatic carbocycles. The fourth-order valence-electron chi connectivity index (χ4n) is 2.44. The van der Waals surface area contributed by atoms with Crippen molar-refractivity contribution in [1.82, 2.24) is 4.98 Å². The lowest BCUT2D eigenvalue weighted by Crippen LogP contribution is -2.12. The molecule has 0 aliphatic rings. The van der Waals surface area contributed by atoms with Crippen LogP contribution in [0.5, 0.6) is 5.88 Å². The van der Waals surface area contributed by atoms with Gasteiger partial charge >= 0.3 is 0 Å². The molecule has 0 fully saturated rings. The highest BCUT2D eigenvalue weighted by atomic mass is 79.9. The number of nitrogens with zero attached hydrogens (tertiary/aromatic N) is 1. The molecular formula is C20H16BrClN2O2. The molecule has 0 bridgehead atoms. The van der Waals surface area contributed by atoms with E-state index in [2.05, 4.69) is 26.2 Å². The van der Waals surface area contributed by atoms with Crippen LogP contribution in [0.3, 0.4) is 0 Å². The summed E-state index contributed by atoms with van der Waals surface area (Å²) in [6, 6.07) is 16.7. The summed E-state index contributed by atoms with van der Waals surface area (Å²) >= 11 is 9.77. The van der Waals surface area contributed by atoms with Gasteiger partial charge in [0.1, 0.15) is 0 Å². The van der Waals surface area contributed by atoms with Crippen molar-refractivity contribution in [3.05, 3.63) is 76.9 Å². The van der Waals surface area contributed by atoms with Gasteiger partial charge in [0.05, 0.1) is 19.0 Å². The van der Waals surface area contributed by atoms with Gasteiger partial charge in [-0.2, -0.15) is 0 Å². The molecule has 132 valence electrons. The minimum Gasteiger partial charge on any atom is -0.481 e. The SMILES string of the molecule is COc1ccc(NC(=O)c2ccc(Cl)c(-c3ccc(CBr)cc3)c2)cn1. The quantitative estimate of drug-likeness (QED) is 0.538. The molecule has 0 aliphatic heterocycles. The van der Waals surface area contributed by atoms with Crippen LogP contribution < -0.4 is 10.1 Å². The van der Waals surface area contributed by atoms with Gasteiger partial charge in [-0.1, -0.05) is 51.8 Å². The van der Waals surface area contributed by atoms with E-state index in [1.54, 1.807) is 43.6 Å². The Morgan fingerprint density at radius 3 is 2.54 bits per heavy atom. The van der Waals surface area contributed by atoms with Gasteiger partial charge in [-0.3, -0.25) is 4.79 Å². The van der Waals surface area contributed by atoms with E-state index < -0.39 is 0 Å². The van der Waals surface area contributed by atoms with E-state index in [0.29, 0.717) is 22.2 Å². The van der Waals surface area contributed by atoms with Gasteiger partial charge < -0.3 is 10.1 Å². The van der Waals surface area contributed by atoms with Gasteiger partial charge in [0.2, 0.25) is 5.88 Å². The van der Waals surface area contributed by atoms with Crippen molar-refractivity contribution in [1.29, 1.82) is 0 Å². The number of aromatic nitrogens is 1. The fraction of sp³-hybridized carbons (Fsp3) is 0.100. The first kappa shape index (κ1) is 18.4. The van der Waals surface area contributed by atoms with Crippen LogP contribution in [0.2, 0.25) is 5.02 Å². The first-order valence-electron chi connectivity index (χ1n) is 7.87. The summed E-state index contributed by atoms with van der Waals surface area (Å²) in [6.07, 6.45) is 1.55. The van der Waals surface area contributed by atoms with Crippen LogP contribution in [0.4, 0.5) is 5.69 Å². The van der Waals surface area contributed by atoms with Crippen LogP contribution in [-0.4, -0.2) is 18.0 Å². The molecule has 0 atom stereocenters. The standard InChI is InChI=1S/C20H16BrClN2O2/c1-26-19-9-7-16(12-23-19)24-20(25)15-6-8-18(22)17(10-15)14-4-2-13(11-21)3-5-14/h2-10,12H,11H2,1H3,(H,24,25). The molecule has 3 aromatic rings. The van der Waals surface area contributed by atoms with Crippen LogP contribution >= 0.6 is 27.5 Å². The maximum Gasteiger partial charge on any atom is 0.255 e. The number of methoxy groups -OCH3 is 1. The van der Waals surface area contributed by atoms with E-state index in [1.807, 2.05) is 24.3 Å². The lowest BCUT2D eigenvalue weighted by Gasteiger charge is -2.10. The minimum atomic E-state index is -0.230. The highest BCUT2D eigenvalue weighted by Gasteiger charge is 2.11. The van der Waals surface area contributed by atoms with Crippen LogP contribution in [0.15, 0.2) is 60.8 Å². The molecule has 6 heteroatoms. The third-order valence-electron chi connectivity index (χ3n) is 3.85. The predicted molar refractivity (Wildman–Crippen MR) is 108 cm³/mol. The molecule has 1 heterocycles. The van der Waals surface area contributed by atoms with Crippen LogP contribution in [0.25, 0.3) is 11.1 Å².